The Morgan fingerprint density at radius 3 is 2.02 bits per heavy atom. The lowest BCUT2D eigenvalue weighted by Gasteiger charge is -2.29. The molecule has 2 aromatic carbocycles. The predicted molar refractivity (Wildman–Crippen MR) is 192 cm³/mol. The maximum absolute atomic E-state index is 13.8. The zero-order chi connectivity index (χ0) is 36.0. The van der Waals surface area contributed by atoms with E-state index in [2.05, 4.69) is 31.6 Å². The Labute approximate surface area is 290 Å². The number of rotatable bonds is 17. The molecule has 1 heterocycles. The molecule has 264 valence electrons. The molecule has 5 atom stereocenters. The zero-order valence-electron chi connectivity index (χ0n) is 29.6. The zero-order valence-corrected chi connectivity index (χ0v) is 29.6. The standard InChI is InChI=1S/C38H53N7O4/c1-7-11-32(44-37(49)33(23-38(4,5)6)45-35(47)29-18-20-40-21-19-29)36(48)43-31(22-27-12-9-8-10-13-27)24-41-26(3)34(46)42-25(2)28-14-16-30(39)17-15-28/h8-10,12-21,25-26,31-33,41H,7,11,22-24,39H2,1-6H3,(H,42,46)(H,43,48)(H,44,49)(H,45,47)/p+1/t25-,26+,31+,32+,33+/m1/s1. The highest BCUT2D eigenvalue weighted by atomic mass is 16.2. The molecule has 4 amide bonds. The van der Waals surface area contributed by atoms with E-state index in [4.69, 9.17) is 5.73 Å². The number of aromatic nitrogens is 1. The number of nitrogens with one attached hydrogen (secondary N) is 6. The first-order chi connectivity index (χ1) is 23.3. The molecule has 0 aliphatic carbocycles. The van der Waals surface area contributed by atoms with E-state index in [1.54, 1.807) is 43.6 Å². The molecule has 0 aliphatic heterocycles. The second-order valence-electron chi connectivity index (χ2n) is 13.9. The topological polar surface area (TPSA) is 169 Å². The lowest BCUT2D eigenvalue weighted by Crippen LogP contribution is -2.57. The molecule has 0 unspecified atom stereocenters. The summed E-state index contributed by atoms with van der Waals surface area (Å²) in [7, 11) is 0. The summed E-state index contributed by atoms with van der Waals surface area (Å²) in [5.74, 6) is -1.29. The quantitative estimate of drug-likeness (QED) is 0.120. The SMILES string of the molecule is CCC[C@H](NC(=O)[C@H](CC(C)(C)C)NC(=O)c1cc[nH+]cc1)C(=O)N[C@H](CN[C@@H](C)C(=O)N[C@H](C)c1ccc(N)cc1)Cc1ccccc1. The summed E-state index contributed by atoms with van der Waals surface area (Å²) in [4.78, 5) is 56.4. The Morgan fingerprint density at radius 1 is 0.776 bits per heavy atom. The molecule has 0 bridgehead atoms. The summed E-state index contributed by atoms with van der Waals surface area (Å²) in [5, 5.41) is 15.2. The summed E-state index contributed by atoms with van der Waals surface area (Å²) in [5.41, 5.74) is 8.57. The van der Waals surface area contributed by atoms with Gasteiger partial charge < -0.3 is 32.3 Å². The second-order valence-corrected chi connectivity index (χ2v) is 13.9. The van der Waals surface area contributed by atoms with E-state index in [1.807, 2.05) is 77.1 Å². The minimum atomic E-state index is -0.847. The number of nitrogens with two attached hydrogens (primary N) is 1. The second kappa shape index (κ2) is 18.7. The van der Waals surface area contributed by atoms with Gasteiger partial charge in [0.25, 0.3) is 5.91 Å². The maximum atomic E-state index is 13.8. The summed E-state index contributed by atoms with van der Waals surface area (Å²) in [6.45, 7) is 11.9. The van der Waals surface area contributed by atoms with Crippen LogP contribution in [0, 0.1) is 5.41 Å². The average Bonchev–Trinajstić information content (AvgIpc) is 3.06. The fourth-order valence-corrected chi connectivity index (χ4v) is 5.42. The third kappa shape index (κ3) is 13.3. The molecule has 3 rings (SSSR count). The number of aromatic amines is 1. The molecule has 3 aromatic rings. The molecular weight excluding hydrogens is 618 g/mol. The predicted octanol–water partition coefficient (Wildman–Crippen LogP) is 3.49. The number of amides is 4. The highest BCUT2D eigenvalue weighted by molar-refractivity contribution is 5.98. The monoisotopic (exact) mass is 672 g/mol. The van der Waals surface area contributed by atoms with Gasteiger partial charge in [-0.3, -0.25) is 19.2 Å². The molecule has 0 saturated carbocycles. The molecule has 0 aliphatic rings. The van der Waals surface area contributed by atoms with Crippen molar-refractivity contribution in [2.75, 3.05) is 12.3 Å². The molecule has 49 heavy (non-hydrogen) atoms. The normalized spacial score (nSPS) is 14.4. The number of carbonyl (C=O) groups excluding carboxylic acids is 4. The summed E-state index contributed by atoms with van der Waals surface area (Å²) in [6, 6.07) is 17.6. The van der Waals surface area contributed by atoms with E-state index in [0.717, 1.165) is 11.1 Å². The van der Waals surface area contributed by atoms with Crippen LogP contribution in [-0.2, 0) is 20.8 Å². The van der Waals surface area contributed by atoms with Gasteiger partial charge in [0.15, 0.2) is 12.4 Å². The van der Waals surface area contributed by atoms with Crippen LogP contribution in [0.15, 0.2) is 79.1 Å². The molecule has 11 nitrogen and oxygen atoms in total. The van der Waals surface area contributed by atoms with Gasteiger partial charge in [0, 0.05) is 30.4 Å². The minimum absolute atomic E-state index is 0.175. The molecule has 0 fully saturated rings. The Hall–Kier alpha value is -4.77. The third-order valence-electron chi connectivity index (χ3n) is 8.16. The Bertz CT molecular complexity index is 1490. The third-order valence-corrected chi connectivity index (χ3v) is 8.16. The summed E-state index contributed by atoms with van der Waals surface area (Å²) in [6.07, 6.45) is 5.24. The fraction of sp³-hybridized carbons (Fsp3) is 0.447. The fourth-order valence-electron chi connectivity index (χ4n) is 5.42. The van der Waals surface area contributed by atoms with Gasteiger partial charge >= 0.3 is 0 Å². The van der Waals surface area contributed by atoms with Gasteiger partial charge in [-0.2, -0.15) is 0 Å². The summed E-state index contributed by atoms with van der Waals surface area (Å²) < 4.78 is 0. The van der Waals surface area contributed by atoms with Gasteiger partial charge in [-0.25, -0.2) is 4.98 Å². The van der Waals surface area contributed by atoms with Crippen molar-refractivity contribution in [3.63, 3.8) is 0 Å². The van der Waals surface area contributed by atoms with Crippen molar-refractivity contribution in [3.8, 4) is 0 Å². The minimum Gasteiger partial charge on any atom is -0.399 e. The number of pyridine rings is 1. The van der Waals surface area contributed by atoms with E-state index in [-0.39, 0.29) is 35.2 Å². The average molecular weight is 673 g/mol. The number of H-pyrrole nitrogens is 1. The molecule has 0 spiro atoms. The first kappa shape index (κ1) is 38.7. The molecule has 1 aromatic heterocycles. The first-order valence-electron chi connectivity index (χ1n) is 17.1. The van der Waals surface area contributed by atoms with Gasteiger partial charge in [0.2, 0.25) is 17.7 Å². The number of carbonyl (C=O) groups is 4. The van der Waals surface area contributed by atoms with Gasteiger partial charge in [-0.1, -0.05) is 76.6 Å². The number of hydrogen-bond acceptors (Lipinski definition) is 6. The Balaban J connectivity index is 1.70. The Morgan fingerprint density at radius 2 is 1.41 bits per heavy atom. The van der Waals surface area contributed by atoms with Crippen molar-refractivity contribution in [1.29, 1.82) is 0 Å². The number of anilines is 1. The van der Waals surface area contributed by atoms with Crippen LogP contribution >= 0.6 is 0 Å². The van der Waals surface area contributed by atoms with Crippen molar-refractivity contribution >= 4 is 29.3 Å². The summed E-state index contributed by atoms with van der Waals surface area (Å²) >= 11 is 0. The highest BCUT2D eigenvalue weighted by Crippen LogP contribution is 2.21. The Kier molecular flexibility index (Phi) is 14.8. The van der Waals surface area contributed by atoms with Crippen LogP contribution in [0.1, 0.15) is 88.3 Å². The number of benzene rings is 2. The van der Waals surface area contributed by atoms with E-state index < -0.39 is 24.0 Å². The maximum Gasteiger partial charge on any atom is 0.252 e. The van der Waals surface area contributed by atoms with Crippen LogP contribution in [-0.4, -0.2) is 54.3 Å². The van der Waals surface area contributed by atoms with Gasteiger partial charge in [-0.15, -0.1) is 0 Å². The van der Waals surface area contributed by atoms with E-state index in [0.29, 0.717) is 43.5 Å². The largest absolute Gasteiger partial charge is 0.399 e. The number of hydrogen-bond donors (Lipinski definition) is 6. The van der Waals surface area contributed by atoms with Crippen molar-refractivity contribution in [3.05, 3.63) is 95.8 Å². The van der Waals surface area contributed by atoms with Gasteiger partial charge in [-0.05, 0) is 61.8 Å². The highest BCUT2D eigenvalue weighted by Gasteiger charge is 2.31. The van der Waals surface area contributed by atoms with Crippen molar-refractivity contribution < 1.29 is 24.2 Å². The molecular formula is C38H54N7O4+. The van der Waals surface area contributed by atoms with E-state index in [9.17, 15) is 19.2 Å². The van der Waals surface area contributed by atoms with E-state index in [1.165, 1.54) is 0 Å². The molecule has 0 saturated heterocycles. The van der Waals surface area contributed by atoms with Crippen LogP contribution in [0.4, 0.5) is 5.69 Å². The number of nitrogen functional groups attached to an aromatic ring is 1. The van der Waals surface area contributed by atoms with Crippen LogP contribution in [0.25, 0.3) is 0 Å². The van der Waals surface area contributed by atoms with Gasteiger partial charge in [0.05, 0.1) is 17.6 Å². The molecule has 8 N–H and O–H groups in total. The van der Waals surface area contributed by atoms with Crippen molar-refractivity contribution in [1.82, 2.24) is 26.6 Å². The molecule has 0 radical (unpaired) electrons. The lowest BCUT2D eigenvalue weighted by atomic mass is 9.87. The van der Waals surface area contributed by atoms with E-state index >= 15 is 0 Å². The smallest absolute Gasteiger partial charge is 0.252 e. The van der Waals surface area contributed by atoms with Crippen molar-refractivity contribution in [2.45, 2.75) is 97.4 Å². The van der Waals surface area contributed by atoms with Crippen LogP contribution in [0.3, 0.4) is 0 Å². The van der Waals surface area contributed by atoms with Crippen LogP contribution < -0.4 is 37.3 Å². The first-order valence-corrected chi connectivity index (χ1v) is 17.1. The lowest BCUT2D eigenvalue weighted by molar-refractivity contribution is -0.378. The van der Waals surface area contributed by atoms with Crippen LogP contribution in [0.2, 0.25) is 0 Å². The van der Waals surface area contributed by atoms with Gasteiger partial charge in [0.1, 0.15) is 12.1 Å². The van der Waals surface area contributed by atoms with Crippen LogP contribution in [0.5, 0.6) is 0 Å². The molecule has 11 heteroatoms. The van der Waals surface area contributed by atoms with Crippen molar-refractivity contribution in [2.24, 2.45) is 5.41 Å².